The lowest BCUT2D eigenvalue weighted by Gasteiger charge is -2.28. The highest BCUT2D eigenvalue weighted by Crippen LogP contribution is 2.27. The lowest BCUT2D eigenvalue weighted by atomic mass is 9.87. The summed E-state index contributed by atoms with van der Waals surface area (Å²) >= 11 is 0. The highest BCUT2D eigenvalue weighted by Gasteiger charge is 2.31. The summed E-state index contributed by atoms with van der Waals surface area (Å²) in [6, 6.07) is 0.253. The van der Waals surface area contributed by atoms with Crippen LogP contribution in [-0.4, -0.2) is 46.6 Å². The molecule has 1 aromatic rings. The van der Waals surface area contributed by atoms with Gasteiger partial charge in [0.1, 0.15) is 0 Å². The quantitative estimate of drug-likeness (QED) is 0.797. The van der Waals surface area contributed by atoms with Gasteiger partial charge < -0.3 is 0 Å². The molecule has 0 spiro atoms. The molecule has 0 aliphatic carbocycles. The van der Waals surface area contributed by atoms with E-state index < -0.39 is 10.0 Å². The zero-order valence-electron chi connectivity index (χ0n) is 14.7. The molecule has 0 amide bonds. The Morgan fingerprint density at radius 3 is 2.39 bits per heavy atom. The zero-order valence-corrected chi connectivity index (χ0v) is 15.5. The van der Waals surface area contributed by atoms with Gasteiger partial charge in [0, 0.05) is 19.3 Å². The van der Waals surface area contributed by atoms with Crippen molar-refractivity contribution in [2.45, 2.75) is 53.0 Å². The number of aromatic nitrogens is 3. The van der Waals surface area contributed by atoms with Crippen LogP contribution in [-0.2, 0) is 10.0 Å². The van der Waals surface area contributed by atoms with E-state index in [9.17, 15) is 8.42 Å². The lowest BCUT2D eigenvalue weighted by Crippen LogP contribution is -2.38. The van der Waals surface area contributed by atoms with Crippen LogP contribution >= 0.6 is 0 Å². The van der Waals surface area contributed by atoms with Crippen LogP contribution in [0.15, 0.2) is 12.4 Å². The normalized spacial score (nSPS) is 21.3. The second-order valence-electron chi connectivity index (χ2n) is 7.30. The highest BCUT2D eigenvalue weighted by molar-refractivity contribution is 7.89. The zero-order chi connectivity index (χ0) is 17.0. The largest absolute Gasteiger partial charge is 0.249 e. The maximum atomic E-state index is 12.8. The van der Waals surface area contributed by atoms with E-state index in [4.69, 9.17) is 0 Å². The van der Waals surface area contributed by atoms with E-state index >= 15 is 0 Å². The van der Waals surface area contributed by atoms with Crippen molar-refractivity contribution in [2.24, 2.45) is 17.8 Å². The number of sulfonamides is 1. The van der Waals surface area contributed by atoms with Gasteiger partial charge in [-0.3, -0.25) is 0 Å². The molecule has 2 rings (SSSR count). The Balaban J connectivity index is 2.03. The van der Waals surface area contributed by atoms with Gasteiger partial charge in [-0.2, -0.15) is 0 Å². The first-order chi connectivity index (χ1) is 10.8. The van der Waals surface area contributed by atoms with Crippen molar-refractivity contribution in [1.29, 1.82) is 0 Å². The van der Waals surface area contributed by atoms with Gasteiger partial charge in [0.05, 0.1) is 18.0 Å². The van der Waals surface area contributed by atoms with E-state index in [0.29, 0.717) is 24.9 Å². The minimum Gasteiger partial charge on any atom is -0.249 e. The van der Waals surface area contributed by atoms with Crippen LogP contribution in [0, 0.1) is 17.8 Å². The van der Waals surface area contributed by atoms with Crippen LogP contribution in [0.25, 0.3) is 0 Å². The predicted octanol–water partition coefficient (Wildman–Crippen LogP) is 2.56. The Bertz CT molecular complexity index is 561. The molecule has 1 saturated heterocycles. The Morgan fingerprint density at radius 1 is 1.13 bits per heavy atom. The van der Waals surface area contributed by atoms with Crippen LogP contribution in [0.1, 0.15) is 53.0 Å². The second-order valence-corrected chi connectivity index (χ2v) is 9.31. The van der Waals surface area contributed by atoms with Gasteiger partial charge in [0.15, 0.2) is 0 Å². The fourth-order valence-electron chi connectivity index (χ4n) is 3.51. The molecule has 23 heavy (non-hydrogen) atoms. The van der Waals surface area contributed by atoms with Crippen LogP contribution in [0.4, 0.5) is 0 Å². The first-order valence-electron chi connectivity index (χ1n) is 8.65. The molecule has 6 nitrogen and oxygen atoms in total. The van der Waals surface area contributed by atoms with Gasteiger partial charge in [-0.1, -0.05) is 32.9 Å². The molecule has 2 heterocycles. The van der Waals surface area contributed by atoms with E-state index in [0.717, 1.165) is 19.3 Å². The molecule has 7 heteroatoms. The molecule has 0 aromatic carbocycles. The topological polar surface area (TPSA) is 68.1 Å². The van der Waals surface area contributed by atoms with Crippen LogP contribution < -0.4 is 0 Å². The molecule has 1 atom stereocenters. The monoisotopic (exact) mass is 342 g/mol. The molecular formula is C16H30N4O2S. The minimum atomic E-state index is -3.20. The molecule has 1 aliphatic rings. The van der Waals surface area contributed by atoms with E-state index in [-0.39, 0.29) is 17.7 Å². The number of rotatable bonds is 6. The standard InChI is InChI=1S/C16H30N4O2S/c1-13(2)16(14(3)4)12-23(21,22)19-9-5-6-15(7-10-19)20-11-8-17-18-20/h8,11,13-16H,5-7,9-10,12H2,1-4H3. The summed E-state index contributed by atoms with van der Waals surface area (Å²) in [6.07, 6.45) is 6.17. The van der Waals surface area contributed by atoms with Crippen molar-refractivity contribution in [3.63, 3.8) is 0 Å². The first kappa shape index (κ1) is 18.4. The summed E-state index contributed by atoms with van der Waals surface area (Å²) in [5, 5.41) is 7.92. The summed E-state index contributed by atoms with van der Waals surface area (Å²) in [5.41, 5.74) is 0. The Morgan fingerprint density at radius 2 is 1.83 bits per heavy atom. The van der Waals surface area contributed by atoms with Crippen molar-refractivity contribution < 1.29 is 8.42 Å². The molecule has 1 unspecified atom stereocenters. The third kappa shape index (κ3) is 4.76. The molecule has 0 N–H and O–H groups in total. The van der Waals surface area contributed by atoms with Gasteiger partial charge in [0.25, 0.3) is 0 Å². The van der Waals surface area contributed by atoms with Gasteiger partial charge in [0.2, 0.25) is 10.0 Å². The van der Waals surface area contributed by atoms with E-state index in [1.54, 1.807) is 10.5 Å². The fraction of sp³-hybridized carbons (Fsp3) is 0.875. The molecule has 132 valence electrons. The third-order valence-electron chi connectivity index (χ3n) is 4.98. The van der Waals surface area contributed by atoms with Crippen molar-refractivity contribution >= 4 is 10.0 Å². The van der Waals surface area contributed by atoms with Crippen LogP contribution in [0.2, 0.25) is 0 Å². The van der Waals surface area contributed by atoms with Crippen LogP contribution in [0.5, 0.6) is 0 Å². The molecule has 1 fully saturated rings. The average molecular weight is 343 g/mol. The van der Waals surface area contributed by atoms with E-state index in [1.165, 1.54) is 0 Å². The minimum absolute atomic E-state index is 0.203. The van der Waals surface area contributed by atoms with Crippen LogP contribution in [0.3, 0.4) is 0 Å². The predicted molar refractivity (Wildman–Crippen MR) is 91.4 cm³/mol. The lowest BCUT2D eigenvalue weighted by molar-refractivity contribution is 0.309. The molecule has 0 bridgehead atoms. The van der Waals surface area contributed by atoms with Crippen molar-refractivity contribution in [3.8, 4) is 0 Å². The maximum absolute atomic E-state index is 12.8. The van der Waals surface area contributed by atoms with E-state index in [2.05, 4.69) is 38.0 Å². The van der Waals surface area contributed by atoms with Crippen molar-refractivity contribution in [2.75, 3.05) is 18.8 Å². The van der Waals surface area contributed by atoms with Gasteiger partial charge in [-0.05, 0) is 37.0 Å². The summed E-state index contributed by atoms with van der Waals surface area (Å²) in [7, 11) is -3.20. The van der Waals surface area contributed by atoms with Gasteiger partial charge in [-0.15, -0.1) is 5.10 Å². The Kier molecular flexibility index (Phi) is 6.19. The smallest absolute Gasteiger partial charge is 0.214 e. The summed E-state index contributed by atoms with van der Waals surface area (Å²) < 4.78 is 29.2. The third-order valence-corrected chi connectivity index (χ3v) is 6.94. The van der Waals surface area contributed by atoms with Gasteiger partial charge >= 0.3 is 0 Å². The van der Waals surface area contributed by atoms with E-state index in [1.807, 2.05) is 10.9 Å². The second kappa shape index (κ2) is 7.75. The van der Waals surface area contributed by atoms with Gasteiger partial charge in [-0.25, -0.2) is 17.4 Å². The number of hydrogen-bond acceptors (Lipinski definition) is 4. The SMILES string of the molecule is CC(C)C(CS(=O)(=O)N1CCCC(n2ccnn2)CC1)C(C)C. The summed E-state index contributed by atoms with van der Waals surface area (Å²) in [5.74, 6) is 1.21. The molecule has 0 radical (unpaired) electrons. The fourth-order valence-corrected chi connectivity index (χ4v) is 5.77. The first-order valence-corrected chi connectivity index (χ1v) is 10.3. The summed E-state index contributed by atoms with van der Waals surface area (Å²) in [6.45, 7) is 9.66. The molecule has 1 aromatic heterocycles. The number of nitrogens with zero attached hydrogens (tertiary/aromatic N) is 4. The maximum Gasteiger partial charge on any atom is 0.214 e. The highest BCUT2D eigenvalue weighted by atomic mass is 32.2. The van der Waals surface area contributed by atoms with Crippen molar-refractivity contribution in [1.82, 2.24) is 19.3 Å². The Hall–Kier alpha value is -0.950. The molecule has 1 aliphatic heterocycles. The Labute approximate surface area is 140 Å². The average Bonchev–Trinajstić information content (AvgIpc) is 2.88. The molecule has 0 saturated carbocycles. The molecular weight excluding hydrogens is 312 g/mol. The summed E-state index contributed by atoms with van der Waals surface area (Å²) in [4.78, 5) is 0. The van der Waals surface area contributed by atoms with Crippen molar-refractivity contribution in [3.05, 3.63) is 12.4 Å². The number of hydrogen-bond donors (Lipinski definition) is 0.